The summed E-state index contributed by atoms with van der Waals surface area (Å²) >= 11 is 0. The number of nitrogens with two attached hydrogens (primary N) is 1. The van der Waals surface area contributed by atoms with E-state index in [9.17, 15) is 9.59 Å². The molecule has 0 aliphatic carbocycles. The molecule has 7 heteroatoms. The van der Waals surface area contributed by atoms with E-state index in [2.05, 4.69) is 4.98 Å². The maximum absolute atomic E-state index is 12.3. The molecule has 2 N–H and O–H groups in total. The standard InChI is InChI=1S/C18H25N3O4/c1-5-24-16(22)13-8-7-12-9-14(17(23)25-6-2)21(15(12)20-13)11-18(3,4)10-19/h7-9H,5-6,10-11,19H2,1-4H3. The Hall–Kier alpha value is -2.41. The lowest BCUT2D eigenvalue weighted by molar-refractivity contribution is 0.0507. The van der Waals surface area contributed by atoms with Gasteiger partial charge in [-0.25, -0.2) is 14.6 Å². The number of hydrogen-bond acceptors (Lipinski definition) is 6. The highest BCUT2D eigenvalue weighted by molar-refractivity contribution is 5.96. The van der Waals surface area contributed by atoms with E-state index in [1.165, 1.54) is 0 Å². The molecule has 0 fully saturated rings. The third-order valence-electron chi connectivity index (χ3n) is 3.85. The highest BCUT2D eigenvalue weighted by Gasteiger charge is 2.24. The van der Waals surface area contributed by atoms with Gasteiger partial charge >= 0.3 is 11.9 Å². The van der Waals surface area contributed by atoms with Crippen molar-refractivity contribution in [1.29, 1.82) is 0 Å². The normalized spacial score (nSPS) is 11.6. The van der Waals surface area contributed by atoms with E-state index in [0.29, 0.717) is 24.4 Å². The van der Waals surface area contributed by atoms with Crippen molar-refractivity contribution < 1.29 is 19.1 Å². The number of hydrogen-bond donors (Lipinski definition) is 1. The van der Waals surface area contributed by atoms with Gasteiger partial charge < -0.3 is 19.8 Å². The van der Waals surface area contributed by atoms with Crippen LogP contribution >= 0.6 is 0 Å². The minimum absolute atomic E-state index is 0.203. The van der Waals surface area contributed by atoms with Crippen LogP contribution in [0.25, 0.3) is 11.0 Å². The highest BCUT2D eigenvalue weighted by Crippen LogP contribution is 2.25. The van der Waals surface area contributed by atoms with E-state index in [1.54, 1.807) is 36.6 Å². The molecule has 0 bridgehead atoms. The van der Waals surface area contributed by atoms with Crippen LogP contribution < -0.4 is 5.73 Å². The van der Waals surface area contributed by atoms with Gasteiger partial charge in [-0.15, -0.1) is 0 Å². The Morgan fingerprint density at radius 2 is 1.80 bits per heavy atom. The number of pyridine rings is 1. The van der Waals surface area contributed by atoms with Gasteiger partial charge in [-0.1, -0.05) is 13.8 Å². The second-order valence-electron chi connectivity index (χ2n) is 6.53. The van der Waals surface area contributed by atoms with Crippen molar-refractivity contribution >= 4 is 23.0 Å². The quantitative estimate of drug-likeness (QED) is 0.773. The molecule has 0 aliphatic heterocycles. The van der Waals surface area contributed by atoms with E-state index in [4.69, 9.17) is 15.2 Å². The molecule has 7 nitrogen and oxygen atoms in total. The second-order valence-corrected chi connectivity index (χ2v) is 6.53. The zero-order chi connectivity index (χ0) is 18.6. The molecule has 2 aromatic heterocycles. The lowest BCUT2D eigenvalue weighted by Crippen LogP contribution is -2.30. The van der Waals surface area contributed by atoms with E-state index in [0.717, 1.165) is 5.39 Å². The number of aromatic nitrogens is 2. The van der Waals surface area contributed by atoms with Gasteiger partial charge in [-0.3, -0.25) is 0 Å². The first kappa shape index (κ1) is 18.9. The summed E-state index contributed by atoms with van der Waals surface area (Å²) in [6, 6.07) is 5.07. The molecule has 0 radical (unpaired) electrons. The fourth-order valence-corrected chi connectivity index (χ4v) is 2.47. The van der Waals surface area contributed by atoms with Crippen molar-refractivity contribution in [3.63, 3.8) is 0 Å². The van der Waals surface area contributed by atoms with E-state index in [1.807, 2.05) is 13.8 Å². The Morgan fingerprint density at radius 3 is 2.40 bits per heavy atom. The summed E-state index contributed by atoms with van der Waals surface area (Å²) in [5.41, 5.74) is 6.73. The molecule has 0 unspecified atom stereocenters. The minimum atomic E-state index is -0.493. The molecule has 2 aromatic rings. The number of carbonyl (C=O) groups excluding carboxylic acids is 2. The van der Waals surface area contributed by atoms with Crippen LogP contribution in [-0.2, 0) is 16.0 Å². The van der Waals surface area contributed by atoms with E-state index < -0.39 is 11.9 Å². The number of carbonyl (C=O) groups is 2. The molecule has 0 aliphatic rings. The van der Waals surface area contributed by atoms with E-state index in [-0.39, 0.29) is 24.3 Å². The molecule has 136 valence electrons. The van der Waals surface area contributed by atoms with Gasteiger partial charge in [0.05, 0.1) is 13.2 Å². The molecule has 25 heavy (non-hydrogen) atoms. The Morgan fingerprint density at radius 1 is 1.16 bits per heavy atom. The van der Waals surface area contributed by atoms with Crippen LogP contribution in [0.1, 0.15) is 48.7 Å². The highest BCUT2D eigenvalue weighted by atomic mass is 16.5. The first-order chi connectivity index (χ1) is 11.8. The van der Waals surface area contributed by atoms with Gasteiger partial charge in [0.2, 0.25) is 0 Å². The number of esters is 2. The predicted molar refractivity (Wildman–Crippen MR) is 94.5 cm³/mol. The molecule has 0 saturated heterocycles. The van der Waals surface area contributed by atoms with Crippen molar-refractivity contribution in [1.82, 2.24) is 9.55 Å². The summed E-state index contributed by atoms with van der Waals surface area (Å²) in [7, 11) is 0. The van der Waals surface area contributed by atoms with Gasteiger partial charge in [0.1, 0.15) is 11.3 Å². The maximum atomic E-state index is 12.3. The van der Waals surface area contributed by atoms with Crippen molar-refractivity contribution in [3.05, 3.63) is 29.6 Å². The molecule has 0 saturated carbocycles. The van der Waals surface area contributed by atoms with Crippen molar-refractivity contribution in [2.75, 3.05) is 19.8 Å². The van der Waals surface area contributed by atoms with Crippen LogP contribution in [0.15, 0.2) is 18.2 Å². The van der Waals surface area contributed by atoms with Crippen molar-refractivity contribution in [2.24, 2.45) is 11.1 Å². The van der Waals surface area contributed by atoms with Crippen LogP contribution in [0.5, 0.6) is 0 Å². The SMILES string of the molecule is CCOC(=O)c1ccc2cc(C(=O)OCC)n(CC(C)(C)CN)c2n1. The molecule has 0 aromatic carbocycles. The van der Waals surface area contributed by atoms with Crippen molar-refractivity contribution in [3.8, 4) is 0 Å². The average molecular weight is 347 g/mol. The van der Waals surface area contributed by atoms with Crippen LogP contribution in [0.3, 0.4) is 0 Å². The summed E-state index contributed by atoms with van der Waals surface area (Å²) in [5.74, 6) is -0.918. The van der Waals surface area contributed by atoms with Gasteiger partial charge in [-0.2, -0.15) is 0 Å². The lowest BCUT2D eigenvalue weighted by Gasteiger charge is -2.24. The third-order valence-corrected chi connectivity index (χ3v) is 3.85. The summed E-state index contributed by atoms with van der Waals surface area (Å²) in [4.78, 5) is 28.7. The van der Waals surface area contributed by atoms with E-state index >= 15 is 0 Å². The molecular formula is C18H25N3O4. The Balaban J connectivity index is 2.59. The molecule has 0 atom stereocenters. The zero-order valence-corrected chi connectivity index (χ0v) is 15.2. The molecule has 2 heterocycles. The summed E-state index contributed by atoms with van der Waals surface area (Å²) in [6.07, 6.45) is 0. The number of nitrogens with zero attached hydrogens (tertiary/aromatic N) is 2. The van der Waals surface area contributed by atoms with Crippen LogP contribution in [0.4, 0.5) is 0 Å². The van der Waals surface area contributed by atoms with Gasteiger partial charge in [0.15, 0.2) is 5.69 Å². The molecular weight excluding hydrogens is 322 g/mol. The Kier molecular flexibility index (Phi) is 5.79. The number of rotatable bonds is 7. The van der Waals surface area contributed by atoms with Crippen molar-refractivity contribution in [2.45, 2.75) is 34.2 Å². The first-order valence-electron chi connectivity index (χ1n) is 8.37. The Bertz CT molecular complexity index is 780. The number of fused-ring (bicyclic) bond motifs is 1. The molecule has 2 rings (SSSR count). The van der Waals surface area contributed by atoms with Crippen LogP contribution in [0, 0.1) is 5.41 Å². The lowest BCUT2D eigenvalue weighted by atomic mass is 9.94. The topological polar surface area (TPSA) is 96.4 Å². The Labute approximate surface area is 147 Å². The van der Waals surface area contributed by atoms with Crippen LogP contribution in [0.2, 0.25) is 0 Å². The fraction of sp³-hybridized carbons (Fsp3) is 0.500. The zero-order valence-electron chi connectivity index (χ0n) is 15.2. The van der Waals surface area contributed by atoms with Gasteiger partial charge in [0, 0.05) is 11.9 Å². The summed E-state index contributed by atoms with van der Waals surface area (Å²) in [5, 5.41) is 0.754. The monoisotopic (exact) mass is 347 g/mol. The first-order valence-corrected chi connectivity index (χ1v) is 8.37. The predicted octanol–water partition coefficient (Wildman–Crippen LogP) is 2.37. The second kappa shape index (κ2) is 7.65. The number of ether oxygens (including phenoxy) is 2. The average Bonchev–Trinajstić information content (AvgIpc) is 2.92. The maximum Gasteiger partial charge on any atom is 0.356 e. The summed E-state index contributed by atoms with van der Waals surface area (Å²) < 4.78 is 11.9. The minimum Gasteiger partial charge on any atom is -0.461 e. The van der Waals surface area contributed by atoms with Gasteiger partial charge in [-0.05, 0) is 44.0 Å². The smallest absolute Gasteiger partial charge is 0.356 e. The third kappa shape index (κ3) is 4.17. The van der Waals surface area contributed by atoms with Crippen LogP contribution in [-0.4, -0.2) is 41.2 Å². The summed E-state index contributed by atoms with van der Waals surface area (Å²) in [6.45, 7) is 8.96. The molecule has 0 amide bonds. The molecule has 0 spiro atoms. The van der Waals surface area contributed by atoms with Gasteiger partial charge in [0.25, 0.3) is 0 Å². The largest absolute Gasteiger partial charge is 0.461 e. The fourth-order valence-electron chi connectivity index (χ4n) is 2.47.